The average molecular weight is 293 g/mol. The molecule has 1 heterocycles. The van der Waals surface area contributed by atoms with E-state index in [-0.39, 0.29) is 5.60 Å². The van der Waals surface area contributed by atoms with E-state index in [0.29, 0.717) is 0 Å². The Morgan fingerprint density at radius 1 is 1.10 bits per heavy atom. The van der Waals surface area contributed by atoms with Crippen LogP contribution in [0.5, 0.6) is 0 Å². The van der Waals surface area contributed by atoms with Crippen molar-refractivity contribution < 1.29 is 4.74 Å². The van der Waals surface area contributed by atoms with Crippen LogP contribution in [0.15, 0.2) is 0 Å². The lowest BCUT2D eigenvalue weighted by Crippen LogP contribution is -2.48. The van der Waals surface area contributed by atoms with E-state index in [1.54, 1.807) is 0 Å². The molecule has 1 aliphatic heterocycles. The third kappa shape index (κ3) is 3.47. The van der Waals surface area contributed by atoms with Crippen LogP contribution in [0.3, 0.4) is 0 Å². The van der Waals surface area contributed by atoms with Gasteiger partial charge in [-0.15, -0.1) is 0 Å². The maximum Gasteiger partial charge on any atom is 0.0685 e. The molecule has 2 saturated carbocycles. The molecular formula is C19H35NO. The first-order valence-corrected chi connectivity index (χ1v) is 9.63. The first-order chi connectivity index (χ1) is 10.3. The Kier molecular flexibility index (Phi) is 5.27. The lowest BCUT2D eigenvalue weighted by Gasteiger charge is -2.43. The normalized spacial score (nSPS) is 37.1. The van der Waals surface area contributed by atoms with E-state index < -0.39 is 0 Å². The van der Waals surface area contributed by atoms with E-state index in [2.05, 4.69) is 19.2 Å². The Hall–Kier alpha value is -0.0800. The summed E-state index contributed by atoms with van der Waals surface area (Å²) in [6.07, 6.45) is 13.8. The molecule has 1 N–H and O–H groups in total. The van der Waals surface area contributed by atoms with Gasteiger partial charge in [0.25, 0.3) is 0 Å². The Morgan fingerprint density at radius 2 is 1.90 bits per heavy atom. The Bertz CT molecular complexity index is 324. The van der Waals surface area contributed by atoms with Gasteiger partial charge in [-0.25, -0.2) is 0 Å². The minimum atomic E-state index is 0.277. The second-order valence-corrected chi connectivity index (χ2v) is 7.92. The van der Waals surface area contributed by atoms with E-state index in [0.717, 1.165) is 36.9 Å². The predicted molar refractivity (Wildman–Crippen MR) is 88.5 cm³/mol. The quantitative estimate of drug-likeness (QED) is 0.804. The molecule has 3 fully saturated rings. The maximum atomic E-state index is 6.26. The highest BCUT2D eigenvalue weighted by Gasteiger charge is 2.44. The topological polar surface area (TPSA) is 21.3 Å². The standard InChI is InChI=1S/C19H35NO/c1-3-15-7-8-16(13-15)18(20-4-2)17-9-12-21-19(14-17)10-5-6-11-19/h15-18,20H,3-14H2,1-2H3. The van der Waals surface area contributed by atoms with Crippen LogP contribution in [-0.4, -0.2) is 24.8 Å². The molecule has 0 aromatic rings. The molecule has 1 saturated heterocycles. The summed E-state index contributed by atoms with van der Waals surface area (Å²) in [5, 5.41) is 3.89. The molecule has 3 rings (SSSR count). The van der Waals surface area contributed by atoms with Gasteiger partial charge in [0.15, 0.2) is 0 Å². The van der Waals surface area contributed by atoms with Gasteiger partial charge in [0, 0.05) is 12.6 Å². The Balaban J connectivity index is 1.65. The summed E-state index contributed by atoms with van der Waals surface area (Å²) in [7, 11) is 0. The number of rotatable bonds is 5. The van der Waals surface area contributed by atoms with E-state index in [4.69, 9.17) is 4.74 Å². The van der Waals surface area contributed by atoms with Crippen LogP contribution >= 0.6 is 0 Å². The molecule has 0 amide bonds. The molecule has 4 atom stereocenters. The van der Waals surface area contributed by atoms with E-state index in [1.165, 1.54) is 64.2 Å². The first kappa shape index (κ1) is 15.8. The molecular weight excluding hydrogens is 258 g/mol. The Labute approximate surface area is 131 Å². The third-order valence-electron chi connectivity index (χ3n) is 6.66. The Morgan fingerprint density at radius 3 is 2.57 bits per heavy atom. The van der Waals surface area contributed by atoms with Crippen LogP contribution in [0.25, 0.3) is 0 Å². The zero-order chi connectivity index (χ0) is 14.7. The van der Waals surface area contributed by atoms with Crippen LogP contribution in [-0.2, 0) is 4.74 Å². The molecule has 21 heavy (non-hydrogen) atoms. The van der Waals surface area contributed by atoms with Crippen molar-refractivity contribution in [2.75, 3.05) is 13.2 Å². The minimum Gasteiger partial charge on any atom is -0.375 e. The van der Waals surface area contributed by atoms with Gasteiger partial charge in [-0.05, 0) is 62.8 Å². The summed E-state index contributed by atoms with van der Waals surface area (Å²) >= 11 is 0. The second-order valence-electron chi connectivity index (χ2n) is 7.92. The smallest absolute Gasteiger partial charge is 0.0685 e. The van der Waals surface area contributed by atoms with Crippen LogP contribution < -0.4 is 5.32 Å². The van der Waals surface area contributed by atoms with E-state index in [1.807, 2.05) is 0 Å². The third-order valence-corrected chi connectivity index (χ3v) is 6.66. The number of hydrogen-bond donors (Lipinski definition) is 1. The molecule has 0 aromatic heterocycles. The summed E-state index contributed by atoms with van der Waals surface area (Å²) in [5.74, 6) is 2.78. The number of ether oxygens (including phenoxy) is 1. The molecule has 3 aliphatic rings. The fraction of sp³-hybridized carbons (Fsp3) is 1.00. The lowest BCUT2D eigenvalue weighted by atomic mass is 9.76. The van der Waals surface area contributed by atoms with Gasteiger partial charge in [0.05, 0.1) is 5.60 Å². The van der Waals surface area contributed by atoms with Crippen molar-refractivity contribution in [2.24, 2.45) is 17.8 Å². The van der Waals surface area contributed by atoms with Crippen molar-refractivity contribution >= 4 is 0 Å². The van der Waals surface area contributed by atoms with Crippen LogP contribution in [0.4, 0.5) is 0 Å². The highest BCUT2D eigenvalue weighted by Crippen LogP contribution is 2.46. The molecule has 2 aliphatic carbocycles. The van der Waals surface area contributed by atoms with E-state index in [9.17, 15) is 0 Å². The van der Waals surface area contributed by atoms with Gasteiger partial charge in [0.2, 0.25) is 0 Å². The van der Waals surface area contributed by atoms with Crippen LogP contribution in [0, 0.1) is 17.8 Å². The molecule has 0 aromatic carbocycles. The lowest BCUT2D eigenvalue weighted by molar-refractivity contribution is -0.101. The van der Waals surface area contributed by atoms with Crippen molar-refractivity contribution in [3.8, 4) is 0 Å². The maximum absolute atomic E-state index is 6.26. The van der Waals surface area contributed by atoms with Crippen LogP contribution in [0.2, 0.25) is 0 Å². The van der Waals surface area contributed by atoms with Gasteiger partial charge < -0.3 is 10.1 Å². The first-order valence-electron chi connectivity index (χ1n) is 9.63. The number of hydrogen-bond acceptors (Lipinski definition) is 2. The zero-order valence-corrected chi connectivity index (χ0v) is 14.2. The summed E-state index contributed by atoms with van der Waals surface area (Å²) in [6.45, 7) is 6.79. The van der Waals surface area contributed by atoms with Crippen molar-refractivity contribution in [3.05, 3.63) is 0 Å². The summed E-state index contributed by atoms with van der Waals surface area (Å²) in [5.41, 5.74) is 0.277. The van der Waals surface area contributed by atoms with Crippen molar-refractivity contribution in [1.29, 1.82) is 0 Å². The minimum absolute atomic E-state index is 0.277. The van der Waals surface area contributed by atoms with Gasteiger partial charge in [-0.2, -0.15) is 0 Å². The monoisotopic (exact) mass is 293 g/mol. The summed E-state index contributed by atoms with van der Waals surface area (Å²) < 4.78 is 6.26. The molecule has 0 bridgehead atoms. The fourth-order valence-electron chi connectivity index (χ4n) is 5.50. The van der Waals surface area contributed by atoms with E-state index >= 15 is 0 Å². The molecule has 122 valence electrons. The summed E-state index contributed by atoms with van der Waals surface area (Å²) in [6, 6.07) is 0.757. The zero-order valence-electron chi connectivity index (χ0n) is 14.2. The van der Waals surface area contributed by atoms with Crippen molar-refractivity contribution in [2.45, 2.75) is 89.7 Å². The number of nitrogens with one attached hydrogen (secondary N) is 1. The molecule has 2 heteroatoms. The van der Waals surface area contributed by atoms with Gasteiger partial charge in [-0.1, -0.05) is 39.5 Å². The molecule has 4 unspecified atom stereocenters. The largest absolute Gasteiger partial charge is 0.375 e. The van der Waals surface area contributed by atoms with Crippen molar-refractivity contribution in [3.63, 3.8) is 0 Å². The average Bonchev–Trinajstić information content (AvgIpc) is 3.14. The van der Waals surface area contributed by atoms with Crippen LogP contribution in [0.1, 0.15) is 78.1 Å². The fourth-order valence-corrected chi connectivity index (χ4v) is 5.50. The second kappa shape index (κ2) is 7.00. The molecule has 0 radical (unpaired) electrons. The molecule has 2 nitrogen and oxygen atoms in total. The van der Waals surface area contributed by atoms with Crippen molar-refractivity contribution in [1.82, 2.24) is 5.32 Å². The molecule has 1 spiro atoms. The highest BCUT2D eigenvalue weighted by molar-refractivity contribution is 4.97. The predicted octanol–water partition coefficient (Wildman–Crippen LogP) is 4.53. The van der Waals surface area contributed by atoms with Gasteiger partial charge in [0.1, 0.15) is 0 Å². The van der Waals surface area contributed by atoms with Gasteiger partial charge in [-0.3, -0.25) is 0 Å². The SMILES string of the molecule is CCNC(C1CCC(CC)C1)C1CCOC2(CCCC2)C1. The highest BCUT2D eigenvalue weighted by atomic mass is 16.5. The van der Waals surface area contributed by atoms with Gasteiger partial charge >= 0.3 is 0 Å². The summed E-state index contributed by atoms with van der Waals surface area (Å²) in [4.78, 5) is 0.